The van der Waals surface area contributed by atoms with Gasteiger partial charge in [-0.3, -0.25) is 4.79 Å². The fraction of sp³-hybridized carbons (Fsp3) is 0.398. The number of carbonyl (C=O) groups excluding carboxylic acids is 5. The van der Waals surface area contributed by atoms with Gasteiger partial charge in [0.15, 0.2) is 6.61 Å². The highest BCUT2D eigenvalue weighted by molar-refractivity contribution is 6.03. The highest BCUT2D eigenvalue weighted by Crippen LogP contribution is 2.44. The number of fused-ring (bicyclic) bond motifs is 9. The third-order valence-electron chi connectivity index (χ3n) is 24.7. The van der Waals surface area contributed by atoms with E-state index in [9.17, 15) is 24.0 Å². The maximum absolute atomic E-state index is 15.1. The summed E-state index contributed by atoms with van der Waals surface area (Å²) in [7, 11) is 0. The maximum atomic E-state index is 15.1. The second-order valence-electron chi connectivity index (χ2n) is 36.2. The minimum atomic E-state index is -0.518. The average molecular weight is 1810 g/mol. The summed E-state index contributed by atoms with van der Waals surface area (Å²) in [5.74, 6) is 1.60. The van der Waals surface area contributed by atoms with Gasteiger partial charge in [0.1, 0.15) is 28.6 Å². The summed E-state index contributed by atoms with van der Waals surface area (Å²) in [6.07, 6.45) is 26.0. The molecule has 0 saturated carbocycles. The molecule has 1 aliphatic rings. The van der Waals surface area contributed by atoms with Crippen molar-refractivity contribution in [1.29, 1.82) is 0 Å². The molecule has 8 bridgehead atoms. The number of unbranched alkanes of at least 4 members (excludes halogenated alkanes) is 21. The minimum Gasteiger partial charge on any atom is -0.493 e. The van der Waals surface area contributed by atoms with Crippen LogP contribution < -0.4 is 77.3 Å². The number of benzene rings is 10. The molecule has 0 unspecified atom stereocenters. The van der Waals surface area contributed by atoms with Crippen LogP contribution in [-0.4, -0.2) is 63.0 Å². The minimum absolute atomic E-state index is 0.0356. The van der Waals surface area contributed by atoms with Gasteiger partial charge in [-0.25, -0.2) is 24.0 Å². The molecule has 0 atom stereocenters. The SMILES string of the molecule is CCCCCCCCCCOc1c2cc(NC(=O)Nc3ccc(C)cc3)cc1Cc1cc(NC(=O)Nc3ccc(C)cc3)cc(c1OCCCCCCCCCC)Cc1cc(NC(=O)Nc3ccc(C)cc3)cc(c1OCC(=O)NCc1ccc(CN(CC)c3cc4oc(=O)cc(C)c4cc3C)cc1)Cc1cc(NC(=O)Nc3ccc(C)cc3)cc(c1OCCCCCCCCCC)C2. The molecule has 0 aliphatic heterocycles. The zero-order valence-corrected chi connectivity index (χ0v) is 80.6. The Morgan fingerprint density at radius 1 is 0.313 bits per heavy atom. The first-order chi connectivity index (χ1) is 65.1. The number of anilines is 9. The molecule has 11 aromatic rings. The monoisotopic (exact) mass is 1810 g/mol. The van der Waals surface area contributed by atoms with E-state index in [-0.39, 0.29) is 37.9 Å². The number of rotatable bonds is 47. The van der Waals surface area contributed by atoms with Crippen molar-refractivity contribution in [2.45, 2.75) is 262 Å². The normalized spacial score (nSPS) is 11.6. The van der Waals surface area contributed by atoms with Crippen LogP contribution in [-0.2, 0) is 43.6 Å². The van der Waals surface area contributed by atoms with Crippen LogP contribution in [0, 0.1) is 41.5 Å². The summed E-state index contributed by atoms with van der Waals surface area (Å²) >= 11 is 0. The van der Waals surface area contributed by atoms with E-state index in [0.29, 0.717) is 151 Å². The van der Waals surface area contributed by atoms with E-state index in [1.54, 1.807) is 0 Å². The molecule has 9 amide bonds. The fourth-order valence-corrected chi connectivity index (χ4v) is 17.4. The van der Waals surface area contributed by atoms with Crippen LogP contribution in [0.15, 0.2) is 197 Å². The number of hydrogen-bond donors (Lipinski definition) is 9. The summed E-state index contributed by atoms with van der Waals surface area (Å²) in [4.78, 5) is 89.2. The third kappa shape index (κ3) is 31.3. The summed E-state index contributed by atoms with van der Waals surface area (Å²) < 4.78 is 35.2. The summed E-state index contributed by atoms with van der Waals surface area (Å²) in [5.41, 5.74) is 18.3. The Labute approximate surface area is 793 Å². The number of aryl methyl sites for hydroxylation is 6. The van der Waals surface area contributed by atoms with Crippen LogP contribution in [0.2, 0.25) is 0 Å². The van der Waals surface area contributed by atoms with E-state index in [1.165, 1.54) is 57.4 Å². The van der Waals surface area contributed by atoms with Crippen molar-refractivity contribution in [2.24, 2.45) is 0 Å². The lowest BCUT2D eigenvalue weighted by Gasteiger charge is -2.25. The van der Waals surface area contributed by atoms with Crippen LogP contribution in [0.25, 0.3) is 11.0 Å². The van der Waals surface area contributed by atoms with Gasteiger partial charge in [-0.05, 0) is 193 Å². The molecule has 1 aromatic heterocycles. The van der Waals surface area contributed by atoms with E-state index >= 15 is 4.79 Å². The zero-order valence-electron chi connectivity index (χ0n) is 80.6. The van der Waals surface area contributed by atoms with Crippen molar-refractivity contribution in [3.63, 3.8) is 0 Å². The number of hydrogen-bond acceptors (Lipinski definition) is 12. The average Bonchev–Trinajstić information content (AvgIpc) is 0.788. The predicted molar refractivity (Wildman–Crippen MR) is 549 cm³/mol. The molecule has 0 spiro atoms. The lowest BCUT2D eigenvalue weighted by molar-refractivity contribution is -0.123. The van der Waals surface area contributed by atoms with Gasteiger partial charge >= 0.3 is 29.8 Å². The van der Waals surface area contributed by atoms with Crippen molar-refractivity contribution in [2.75, 3.05) is 80.4 Å². The molecule has 0 fully saturated rings. The molecule has 0 saturated heterocycles. The molecule has 21 nitrogen and oxygen atoms in total. The van der Waals surface area contributed by atoms with E-state index in [4.69, 9.17) is 23.4 Å². The first kappa shape index (κ1) is 100.0. The molecule has 134 heavy (non-hydrogen) atoms. The van der Waals surface area contributed by atoms with Crippen LogP contribution >= 0.6 is 0 Å². The highest BCUT2D eigenvalue weighted by atomic mass is 16.5. The number of nitrogens with one attached hydrogen (secondary N) is 9. The number of ether oxygens (including phenoxy) is 4. The lowest BCUT2D eigenvalue weighted by atomic mass is 9.90. The molecule has 10 aromatic carbocycles. The number of urea groups is 4. The molecule has 1 heterocycles. The smallest absolute Gasteiger partial charge is 0.336 e. The third-order valence-corrected chi connectivity index (χ3v) is 24.7. The fourth-order valence-electron chi connectivity index (χ4n) is 17.4. The van der Waals surface area contributed by atoms with Crippen molar-refractivity contribution in [3.05, 3.63) is 287 Å². The number of carbonyl (C=O) groups is 5. The molecule has 708 valence electrons. The van der Waals surface area contributed by atoms with Crippen LogP contribution in [0.5, 0.6) is 23.0 Å². The Bertz CT molecular complexity index is 5570. The Kier molecular flexibility index (Phi) is 38.7. The van der Waals surface area contributed by atoms with E-state index in [1.807, 2.05) is 198 Å². The van der Waals surface area contributed by atoms with E-state index < -0.39 is 36.6 Å². The van der Waals surface area contributed by atoms with Gasteiger partial charge in [0.25, 0.3) is 5.91 Å². The van der Waals surface area contributed by atoms with E-state index in [0.717, 1.165) is 158 Å². The van der Waals surface area contributed by atoms with Gasteiger partial charge in [-0.2, -0.15) is 0 Å². The van der Waals surface area contributed by atoms with Crippen molar-refractivity contribution in [1.82, 2.24) is 5.32 Å². The molecule has 12 rings (SSSR count). The first-order valence-electron chi connectivity index (χ1n) is 49.0. The summed E-state index contributed by atoms with van der Waals surface area (Å²) in [5, 5.41) is 29.4. The summed E-state index contributed by atoms with van der Waals surface area (Å²) in [6, 6.07) is 57.7. The number of nitrogens with zero attached hydrogens (tertiary/aromatic N) is 1. The standard InChI is InChI=1S/C113H140N10O11/c1-11-15-18-21-24-27-30-33-56-130-106-85-61-87-67-98(120-111(127)116-94-50-38-78(6)39-51-94)69-89(107(87)131-57-34-31-28-25-22-19-16-12-2)63-91-71-100(122-113(129)118-96-54-42-80(8)43-55-96)72-92(109(91)133-76-104(124)114-74-83-44-46-84(47-45-83)75-123(14-4)102-73-103-101(59-82(102)10)81(9)60-105(125)134-103)64-90-70-99(121-112(128)117-95-52-40-79(7)41-53-95)68-88(108(90)132-58-35-32-29-26-23-20-17-13-3)62-86(106)66-97(65-85)119-110(126)115-93-48-36-77(5)37-49-93/h36-55,59-60,65-73H,11-35,56-58,61-64,74-76H2,1-10H3,(H,114,124)(H2,115,119,126)(H2,116,120,127)(H2,117,121,128)(H2,118,122,129). The van der Waals surface area contributed by atoms with Gasteiger partial charge in [0.05, 0.1) is 19.8 Å². The molecule has 21 heteroatoms. The highest BCUT2D eigenvalue weighted by Gasteiger charge is 2.28. The summed E-state index contributed by atoms with van der Waals surface area (Å²) in [6.45, 7) is 22.8. The van der Waals surface area contributed by atoms with Crippen LogP contribution in [0.4, 0.5) is 70.4 Å². The molecular formula is C113H140N10O11. The molecular weight excluding hydrogens is 1670 g/mol. The van der Waals surface area contributed by atoms with Gasteiger partial charge in [0.2, 0.25) is 0 Å². The Morgan fingerprint density at radius 3 is 0.903 bits per heavy atom. The van der Waals surface area contributed by atoms with Gasteiger partial charge in [0, 0.05) is 159 Å². The second kappa shape index (κ2) is 51.8. The van der Waals surface area contributed by atoms with Crippen molar-refractivity contribution < 1.29 is 47.3 Å². The topological polar surface area (TPSA) is 264 Å². The predicted octanol–water partition coefficient (Wildman–Crippen LogP) is 28.2. The molecule has 1 aliphatic carbocycles. The lowest BCUT2D eigenvalue weighted by Crippen LogP contribution is -2.29. The van der Waals surface area contributed by atoms with Crippen LogP contribution in [0.1, 0.15) is 271 Å². The van der Waals surface area contributed by atoms with Gasteiger partial charge in [-0.15, -0.1) is 0 Å². The van der Waals surface area contributed by atoms with Gasteiger partial charge in [-0.1, -0.05) is 251 Å². The largest absolute Gasteiger partial charge is 0.493 e. The van der Waals surface area contributed by atoms with E-state index in [2.05, 4.69) is 106 Å². The molecule has 9 N–H and O–H groups in total. The van der Waals surface area contributed by atoms with Crippen LogP contribution in [0.3, 0.4) is 0 Å². The van der Waals surface area contributed by atoms with Crippen molar-refractivity contribution >= 4 is 92.2 Å². The first-order valence-corrected chi connectivity index (χ1v) is 49.0. The van der Waals surface area contributed by atoms with Crippen molar-refractivity contribution in [3.8, 4) is 23.0 Å². The van der Waals surface area contributed by atoms with Gasteiger partial charge < -0.3 is 76.1 Å². The second-order valence-corrected chi connectivity index (χ2v) is 36.2. The molecule has 0 radical (unpaired) electrons. The Hall–Kier alpha value is -13.0. The Morgan fingerprint density at radius 2 is 0.597 bits per heavy atom. The maximum Gasteiger partial charge on any atom is 0.336 e. The Balaban J connectivity index is 1.04. The quantitative estimate of drug-likeness (QED) is 0.0127. The number of amides is 9. The zero-order chi connectivity index (χ0) is 94.5.